The Hall–Kier alpha value is -0.830. The SMILES string of the molecule is CC(C)(N1CCCCC1)C(C)(C)n1cccn1. The second-order valence-electron chi connectivity index (χ2n) is 6.12. The topological polar surface area (TPSA) is 21.1 Å². The van der Waals surface area contributed by atoms with Gasteiger partial charge in [0.1, 0.15) is 0 Å². The minimum absolute atomic E-state index is 0.00778. The summed E-state index contributed by atoms with van der Waals surface area (Å²) in [5.74, 6) is 0. The first-order chi connectivity index (χ1) is 7.96. The summed E-state index contributed by atoms with van der Waals surface area (Å²) < 4.78 is 2.10. The standard InChI is InChI=1S/C14H25N3/c1-13(2,16-10-6-5-7-11-16)14(3,4)17-12-8-9-15-17/h8-9,12H,5-7,10-11H2,1-4H3. The van der Waals surface area contributed by atoms with E-state index in [1.165, 1.54) is 32.4 Å². The third-order valence-corrected chi connectivity index (χ3v) is 4.72. The quantitative estimate of drug-likeness (QED) is 0.803. The molecule has 0 amide bonds. The van der Waals surface area contributed by atoms with Gasteiger partial charge in [0, 0.05) is 17.9 Å². The van der Waals surface area contributed by atoms with Gasteiger partial charge < -0.3 is 0 Å². The van der Waals surface area contributed by atoms with Gasteiger partial charge >= 0.3 is 0 Å². The van der Waals surface area contributed by atoms with Gasteiger partial charge in [-0.3, -0.25) is 9.58 Å². The summed E-state index contributed by atoms with van der Waals surface area (Å²) in [7, 11) is 0. The zero-order chi connectivity index (χ0) is 12.5. The van der Waals surface area contributed by atoms with Gasteiger partial charge in [-0.2, -0.15) is 5.10 Å². The number of rotatable bonds is 3. The van der Waals surface area contributed by atoms with E-state index in [9.17, 15) is 0 Å². The van der Waals surface area contributed by atoms with Crippen molar-refractivity contribution < 1.29 is 0 Å². The molecule has 96 valence electrons. The number of piperidine rings is 1. The van der Waals surface area contributed by atoms with Gasteiger partial charge in [-0.15, -0.1) is 0 Å². The summed E-state index contributed by atoms with van der Waals surface area (Å²) >= 11 is 0. The van der Waals surface area contributed by atoms with Crippen molar-refractivity contribution >= 4 is 0 Å². The van der Waals surface area contributed by atoms with Crippen molar-refractivity contribution in [2.75, 3.05) is 13.1 Å². The zero-order valence-corrected chi connectivity index (χ0v) is 11.6. The van der Waals surface area contributed by atoms with E-state index in [1.807, 2.05) is 12.3 Å². The van der Waals surface area contributed by atoms with Gasteiger partial charge in [0.2, 0.25) is 0 Å². The fourth-order valence-corrected chi connectivity index (χ4v) is 2.72. The van der Waals surface area contributed by atoms with Crippen LogP contribution in [0, 0.1) is 0 Å². The highest BCUT2D eigenvalue weighted by Gasteiger charge is 2.43. The molecule has 3 nitrogen and oxygen atoms in total. The van der Waals surface area contributed by atoms with Gasteiger partial charge in [-0.25, -0.2) is 0 Å². The van der Waals surface area contributed by atoms with Crippen LogP contribution in [0.25, 0.3) is 0 Å². The lowest BCUT2D eigenvalue weighted by atomic mass is 9.80. The average molecular weight is 235 g/mol. The summed E-state index contributed by atoms with van der Waals surface area (Å²) in [6.45, 7) is 11.7. The van der Waals surface area contributed by atoms with Crippen LogP contribution in [0.3, 0.4) is 0 Å². The molecule has 0 N–H and O–H groups in total. The largest absolute Gasteiger partial charge is 0.296 e. The Morgan fingerprint density at radius 2 is 1.59 bits per heavy atom. The summed E-state index contributed by atoms with van der Waals surface area (Å²) in [5, 5.41) is 4.44. The first-order valence-corrected chi connectivity index (χ1v) is 6.71. The van der Waals surface area contributed by atoms with E-state index in [1.54, 1.807) is 0 Å². The second-order valence-corrected chi connectivity index (χ2v) is 6.12. The van der Waals surface area contributed by atoms with E-state index in [0.29, 0.717) is 0 Å². The van der Waals surface area contributed by atoms with Gasteiger partial charge in [0.25, 0.3) is 0 Å². The van der Waals surface area contributed by atoms with Crippen LogP contribution in [0.15, 0.2) is 18.5 Å². The molecule has 0 atom stereocenters. The molecule has 2 heterocycles. The van der Waals surface area contributed by atoms with Crippen molar-refractivity contribution in [3.8, 4) is 0 Å². The van der Waals surface area contributed by atoms with Crippen molar-refractivity contribution in [3.05, 3.63) is 18.5 Å². The molecule has 0 saturated carbocycles. The lowest BCUT2D eigenvalue weighted by molar-refractivity contribution is -0.000809. The molecule has 0 aromatic carbocycles. The molecule has 3 heteroatoms. The summed E-state index contributed by atoms with van der Waals surface area (Å²) in [5.41, 5.74) is 0.132. The molecule has 1 aromatic rings. The Morgan fingerprint density at radius 1 is 0.941 bits per heavy atom. The molecule has 2 rings (SSSR count). The molecule has 1 fully saturated rings. The molecule has 0 spiro atoms. The molecule has 1 aliphatic heterocycles. The maximum atomic E-state index is 4.44. The van der Waals surface area contributed by atoms with E-state index >= 15 is 0 Å². The molecular weight excluding hydrogens is 210 g/mol. The minimum Gasteiger partial charge on any atom is -0.296 e. The smallest absolute Gasteiger partial charge is 0.0749 e. The van der Waals surface area contributed by atoms with Crippen LogP contribution in [0.5, 0.6) is 0 Å². The third-order valence-electron chi connectivity index (χ3n) is 4.72. The Morgan fingerprint density at radius 3 is 2.12 bits per heavy atom. The van der Waals surface area contributed by atoms with Gasteiger partial charge in [-0.05, 0) is 59.7 Å². The highest BCUT2D eigenvalue weighted by molar-refractivity contribution is 5.01. The normalized spacial score (nSPS) is 19.5. The maximum absolute atomic E-state index is 4.44. The summed E-state index contributed by atoms with van der Waals surface area (Å²) in [4.78, 5) is 2.62. The first kappa shape index (κ1) is 12.6. The van der Waals surface area contributed by atoms with Crippen LogP contribution in [0.2, 0.25) is 0 Å². The Balaban J connectivity index is 2.23. The van der Waals surface area contributed by atoms with Crippen LogP contribution < -0.4 is 0 Å². The second kappa shape index (κ2) is 4.45. The van der Waals surface area contributed by atoms with E-state index in [0.717, 1.165) is 0 Å². The number of aromatic nitrogens is 2. The van der Waals surface area contributed by atoms with Crippen molar-refractivity contribution in [1.29, 1.82) is 0 Å². The summed E-state index contributed by atoms with van der Waals surface area (Å²) in [6, 6.07) is 2.01. The van der Waals surface area contributed by atoms with E-state index in [4.69, 9.17) is 0 Å². The molecule has 0 radical (unpaired) electrons. The van der Waals surface area contributed by atoms with Gasteiger partial charge in [0.05, 0.1) is 5.54 Å². The van der Waals surface area contributed by atoms with Crippen LogP contribution in [-0.4, -0.2) is 33.3 Å². The molecular formula is C14H25N3. The lowest BCUT2D eigenvalue weighted by Gasteiger charge is -2.50. The number of hydrogen-bond acceptors (Lipinski definition) is 2. The van der Waals surface area contributed by atoms with E-state index in [-0.39, 0.29) is 11.1 Å². The molecule has 17 heavy (non-hydrogen) atoms. The maximum Gasteiger partial charge on any atom is 0.0749 e. The predicted octanol–water partition coefficient (Wildman–Crippen LogP) is 2.88. The Bertz CT molecular complexity index is 346. The van der Waals surface area contributed by atoms with Crippen molar-refractivity contribution in [2.45, 2.75) is 58.0 Å². The first-order valence-electron chi connectivity index (χ1n) is 6.71. The number of likely N-dealkylation sites (tertiary alicyclic amines) is 1. The van der Waals surface area contributed by atoms with Gasteiger partial charge in [-0.1, -0.05) is 6.42 Å². The predicted molar refractivity (Wildman–Crippen MR) is 71.1 cm³/mol. The van der Waals surface area contributed by atoms with Crippen molar-refractivity contribution in [2.24, 2.45) is 0 Å². The molecule has 1 aliphatic rings. The zero-order valence-electron chi connectivity index (χ0n) is 11.6. The fourth-order valence-electron chi connectivity index (χ4n) is 2.72. The lowest BCUT2D eigenvalue weighted by Crippen LogP contribution is -2.60. The van der Waals surface area contributed by atoms with Crippen LogP contribution in [-0.2, 0) is 5.54 Å². The van der Waals surface area contributed by atoms with E-state index in [2.05, 4.69) is 48.6 Å². The highest BCUT2D eigenvalue weighted by atomic mass is 15.4. The average Bonchev–Trinajstić information content (AvgIpc) is 2.84. The number of nitrogens with zero attached hydrogens (tertiary/aromatic N) is 3. The molecule has 1 aromatic heterocycles. The van der Waals surface area contributed by atoms with Crippen LogP contribution in [0.4, 0.5) is 0 Å². The Kier molecular flexibility index (Phi) is 3.30. The molecule has 1 saturated heterocycles. The van der Waals surface area contributed by atoms with E-state index < -0.39 is 0 Å². The van der Waals surface area contributed by atoms with Crippen molar-refractivity contribution in [1.82, 2.24) is 14.7 Å². The fraction of sp³-hybridized carbons (Fsp3) is 0.786. The van der Waals surface area contributed by atoms with Crippen LogP contribution in [0.1, 0.15) is 47.0 Å². The highest BCUT2D eigenvalue weighted by Crippen LogP contribution is 2.35. The van der Waals surface area contributed by atoms with Gasteiger partial charge in [0.15, 0.2) is 0 Å². The third kappa shape index (κ3) is 2.13. The van der Waals surface area contributed by atoms with Crippen molar-refractivity contribution in [3.63, 3.8) is 0 Å². The number of hydrogen-bond donors (Lipinski definition) is 0. The molecule has 0 aliphatic carbocycles. The Labute approximate surface area is 105 Å². The van der Waals surface area contributed by atoms with Crippen LogP contribution >= 0.6 is 0 Å². The molecule has 0 bridgehead atoms. The summed E-state index contributed by atoms with van der Waals surface area (Å²) in [6.07, 6.45) is 7.99. The monoisotopic (exact) mass is 235 g/mol. The molecule has 0 unspecified atom stereocenters. The minimum atomic E-state index is 0.00778.